The van der Waals surface area contributed by atoms with Crippen molar-refractivity contribution in [3.8, 4) is 11.8 Å². The summed E-state index contributed by atoms with van der Waals surface area (Å²) in [5.74, 6) is 6.14. The van der Waals surface area contributed by atoms with Crippen molar-refractivity contribution >= 4 is 17.1 Å². The first kappa shape index (κ1) is 10.5. The lowest BCUT2D eigenvalue weighted by Crippen LogP contribution is -2.05. The molecular weight excluding hydrogens is 202 g/mol. The molecule has 4 nitrogen and oxygen atoms in total. The molecule has 4 heteroatoms. The summed E-state index contributed by atoms with van der Waals surface area (Å²) in [5.41, 5.74) is 7.83. The molecule has 0 unspecified atom stereocenters. The number of benzene rings is 1. The highest BCUT2D eigenvalue weighted by molar-refractivity contribution is 5.76. The lowest BCUT2D eigenvalue weighted by atomic mass is 10.2. The number of rotatable bonds is 2. The first-order valence-electron chi connectivity index (χ1n) is 5.09. The van der Waals surface area contributed by atoms with E-state index in [1.165, 1.54) is 0 Å². The van der Waals surface area contributed by atoms with Crippen LogP contribution in [0.1, 0.15) is 12.0 Å². The van der Waals surface area contributed by atoms with Crippen molar-refractivity contribution < 1.29 is 4.42 Å². The number of nitrogens with one attached hydrogen (secondary N) is 1. The van der Waals surface area contributed by atoms with Crippen molar-refractivity contribution in [2.24, 2.45) is 0 Å². The molecule has 2 aromatic rings. The normalized spacial score (nSPS) is 10.1. The summed E-state index contributed by atoms with van der Waals surface area (Å²) in [4.78, 5) is 4.05. The maximum atomic E-state index is 5.46. The molecule has 0 aliphatic heterocycles. The summed E-state index contributed by atoms with van der Waals surface area (Å²) in [6.07, 6.45) is 0.829. The molecule has 2 rings (SSSR count). The Labute approximate surface area is 93.8 Å². The molecule has 0 radical (unpaired) electrons. The van der Waals surface area contributed by atoms with Gasteiger partial charge in [-0.05, 0) is 25.2 Å². The van der Waals surface area contributed by atoms with Gasteiger partial charge in [-0.2, -0.15) is 4.98 Å². The number of anilines is 1. The van der Waals surface area contributed by atoms with Crippen LogP contribution < -0.4 is 11.1 Å². The first-order valence-corrected chi connectivity index (χ1v) is 5.09. The molecule has 1 heterocycles. The second kappa shape index (κ2) is 4.69. The SMILES string of the molecule is CNCCC#Cc1ccc2oc(N)nc2c1. The van der Waals surface area contributed by atoms with Gasteiger partial charge < -0.3 is 15.5 Å². The summed E-state index contributed by atoms with van der Waals surface area (Å²) in [6.45, 7) is 0.895. The molecule has 1 aromatic heterocycles. The van der Waals surface area contributed by atoms with E-state index in [0.717, 1.165) is 24.0 Å². The second-order valence-electron chi connectivity index (χ2n) is 3.39. The smallest absolute Gasteiger partial charge is 0.292 e. The molecule has 0 aliphatic carbocycles. The van der Waals surface area contributed by atoms with E-state index in [4.69, 9.17) is 10.2 Å². The molecule has 3 N–H and O–H groups in total. The minimum absolute atomic E-state index is 0.190. The number of fused-ring (bicyclic) bond motifs is 1. The van der Waals surface area contributed by atoms with E-state index in [2.05, 4.69) is 22.1 Å². The van der Waals surface area contributed by atoms with Gasteiger partial charge in [-0.3, -0.25) is 0 Å². The fraction of sp³-hybridized carbons (Fsp3) is 0.250. The Morgan fingerprint density at radius 2 is 2.38 bits per heavy atom. The summed E-state index contributed by atoms with van der Waals surface area (Å²) in [6, 6.07) is 5.80. The van der Waals surface area contributed by atoms with Crippen LogP contribution in [-0.4, -0.2) is 18.6 Å². The second-order valence-corrected chi connectivity index (χ2v) is 3.39. The highest BCUT2D eigenvalue weighted by Crippen LogP contribution is 2.17. The zero-order valence-corrected chi connectivity index (χ0v) is 9.08. The molecule has 0 amide bonds. The number of nitrogens with zero attached hydrogens (tertiary/aromatic N) is 1. The standard InChI is InChI=1S/C12H13N3O/c1-14-7-3-2-4-9-5-6-11-10(8-9)15-12(13)16-11/h5-6,8,14H,3,7H2,1H3,(H2,13,15). The monoisotopic (exact) mass is 215 g/mol. The number of oxazole rings is 1. The van der Waals surface area contributed by atoms with E-state index in [1.807, 2.05) is 25.2 Å². The third kappa shape index (κ3) is 2.33. The molecule has 0 spiro atoms. The minimum Gasteiger partial charge on any atom is -0.424 e. The van der Waals surface area contributed by atoms with Crippen molar-refractivity contribution in [3.05, 3.63) is 23.8 Å². The molecular formula is C12H13N3O. The predicted molar refractivity (Wildman–Crippen MR) is 63.8 cm³/mol. The first-order chi connectivity index (χ1) is 7.79. The van der Waals surface area contributed by atoms with E-state index in [0.29, 0.717) is 5.58 Å². The van der Waals surface area contributed by atoms with E-state index < -0.39 is 0 Å². The average molecular weight is 215 g/mol. The summed E-state index contributed by atoms with van der Waals surface area (Å²) in [7, 11) is 1.91. The number of nitrogen functional groups attached to an aromatic ring is 1. The average Bonchev–Trinajstić information content (AvgIpc) is 2.64. The molecule has 0 bridgehead atoms. The Hall–Kier alpha value is -1.99. The lowest BCUT2D eigenvalue weighted by Gasteiger charge is -1.90. The van der Waals surface area contributed by atoms with Gasteiger partial charge in [-0.25, -0.2) is 0 Å². The molecule has 0 atom stereocenters. The Balaban J connectivity index is 2.21. The van der Waals surface area contributed by atoms with Gasteiger partial charge in [0, 0.05) is 18.5 Å². The third-order valence-electron chi connectivity index (χ3n) is 2.14. The molecule has 0 saturated heterocycles. The maximum absolute atomic E-state index is 5.46. The van der Waals surface area contributed by atoms with E-state index in [1.54, 1.807) is 0 Å². The Morgan fingerprint density at radius 1 is 1.50 bits per heavy atom. The molecule has 16 heavy (non-hydrogen) atoms. The largest absolute Gasteiger partial charge is 0.424 e. The van der Waals surface area contributed by atoms with Crippen LogP contribution in [0.15, 0.2) is 22.6 Å². The number of nitrogens with two attached hydrogens (primary N) is 1. The number of hydrogen-bond donors (Lipinski definition) is 2. The molecule has 82 valence electrons. The van der Waals surface area contributed by atoms with Gasteiger partial charge in [-0.15, -0.1) is 0 Å². The zero-order chi connectivity index (χ0) is 11.4. The molecule has 0 aliphatic rings. The summed E-state index contributed by atoms with van der Waals surface area (Å²) in [5, 5.41) is 3.04. The topological polar surface area (TPSA) is 64.1 Å². The van der Waals surface area contributed by atoms with Crippen LogP contribution >= 0.6 is 0 Å². The predicted octanol–water partition coefficient (Wildman–Crippen LogP) is 1.37. The van der Waals surface area contributed by atoms with Gasteiger partial charge in [0.2, 0.25) is 0 Å². The van der Waals surface area contributed by atoms with Crippen molar-refractivity contribution in [1.29, 1.82) is 0 Å². The van der Waals surface area contributed by atoms with Crippen LogP contribution in [-0.2, 0) is 0 Å². The van der Waals surface area contributed by atoms with E-state index in [-0.39, 0.29) is 6.01 Å². The van der Waals surface area contributed by atoms with Gasteiger partial charge in [0.25, 0.3) is 6.01 Å². The van der Waals surface area contributed by atoms with E-state index >= 15 is 0 Å². The van der Waals surface area contributed by atoms with Gasteiger partial charge in [0.05, 0.1) is 0 Å². The fourth-order valence-corrected chi connectivity index (χ4v) is 1.38. The van der Waals surface area contributed by atoms with Crippen molar-refractivity contribution in [3.63, 3.8) is 0 Å². The lowest BCUT2D eigenvalue weighted by molar-refractivity contribution is 0.626. The van der Waals surface area contributed by atoms with Crippen LogP contribution in [0.25, 0.3) is 11.1 Å². The fourth-order valence-electron chi connectivity index (χ4n) is 1.38. The van der Waals surface area contributed by atoms with Crippen molar-refractivity contribution in [2.75, 3.05) is 19.3 Å². The van der Waals surface area contributed by atoms with Gasteiger partial charge in [0.15, 0.2) is 5.58 Å². The number of aromatic nitrogens is 1. The Kier molecular flexibility index (Phi) is 3.08. The van der Waals surface area contributed by atoms with Gasteiger partial charge >= 0.3 is 0 Å². The van der Waals surface area contributed by atoms with Crippen LogP contribution in [0.3, 0.4) is 0 Å². The molecule has 1 aromatic carbocycles. The zero-order valence-electron chi connectivity index (χ0n) is 9.08. The third-order valence-corrected chi connectivity index (χ3v) is 2.14. The highest BCUT2D eigenvalue weighted by Gasteiger charge is 2.01. The number of hydrogen-bond acceptors (Lipinski definition) is 4. The van der Waals surface area contributed by atoms with Crippen LogP contribution in [0.2, 0.25) is 0 Å². The van der Waals surface area contributed by atoms with Crippen molar-refractivity contribution in [2.45, 2.75) is 6.42 Å². The van der Waals surface area contributed by atoms with Crippen LogP contribution in [0, 0.1) is 11.8 Å². The van der Waals surface area contributed by atoms with Crippen LogP contribution in [0.5, 0.6) is 0 Å². The summed E-state index contributed by atoms with van der Waals surface area (Å²) >= 11 is 0. The van der Waals surface area contributed by atoms with Gasteiger partial charge in [0.1, 0.15) is 5.52 Å². The van der Waals surface area contributed by atoms with E-state index in [9.17, 15) is 0 Å². The summed E-state index contributed by atoms with van der Waals surface area (Å²) < 4.78 is 5.17. The Bertz CT molecular complexity index is 548. The quantitative estimate of drug-likeness (QED) is 0.586. The highest BCUT2D eigenvalue weighted by atomic mass is 16.4. The molecule has 0 fully saturated rings. The maximum Gasteiger partial charge on any atom is 0.292 e. The molecule has 0 saturated carbocycles. The minimum atomic E-state index is 0.190. The van der Waals surface area contributed by atoms with Gasteiger partial charge in [-0.1, -0.05) is 11.8 Å². The Morgan fingerprint density at radius 3 is 3.19 bits per heavy atom. The van der Waals surface area contributed by atoms with Crippen molar-refractivity contribution in [1.82, 2.24) is 10.3 Å². The van der Waals surface area contributed by atoms with Crippen LogP contribution in [0.4, 0.5) is 6.01 Å².